The number of carbonyl (C=O) groups is 2. The molecule has 0 atom stereocenters. The van der Waals surface area contributed by atoms with Crippen molar-refractivity contribution in [2.45, 2.75) is 0 Å². The number of hydrogen-bond acceptors (Lipinski definition) is 7. The van der Waals surface area contributed by atoms with E-state index in [4.69, 9.17) is 15.1 Å². The first-order chi connectivity index (χ1) is 5.45. The minimum absolute atomic E-state index is 0. The van der Waals surface area contributed by atoms with Crippen molar-refractivity contribution >= 4 is 38.1 Å². The van der Waals surface area contributed by atoms with Crippen molar-refractivity contribution in [3.05, 3.63) is 0 Å². The molecular weight excluding hydrogens is 192 g/mol. The Bertz CT molecular complexity index is 137. The molecule has 0 heterocycles. The van der Waals surface area contributed by atoms with Crippen molar-refractivity contribution in [3.8, 4) is 0 Å². The maximum absolute atomic E-state index is 10.5. The molecule has 0 saturated carbocycles. The topological polar surface area (TPSA) is 113 Å². The van der Waals surface area contributed by atoms with Crippen molar-refractivity contribution in [2.75, 3.05) is 0 Å². The summed E-state index contributed by atoms with van der Waals surface area (Å²) in [7, 11) is -2.17. The SMILES string of the molecule is O=C(OF)C(=O)OF.OB(O)O.[Li]. The Morgan fingerprint density at radius 3 is 1.23 bits per heavy atom. The van der Waals surface area contributed by atoms with Crippen LogP contribution in [-0.4, -0.2) is 53.2 Å². The van der Waals surface area contributed by atoms with Gasteiger partial charge in [0.1, 0.15) is 0 Å². The van der Waals surface area contributed by atoms with Crippen LogP contribution in [0.3, 0.4) is 0 Å². The summed E-state index contributed by atoms with van der Waals surface area (Å²) >= 11 is 0. The van der Waals surface area contributed by atoms with Crippen LogP contribution >= 0.6 is 0 Å². The summed E-state index contributed by atoms with van der Waals surface area (Å²) in [6.07, 6.45) is 0. The molecule has 0 aromatic rings. The first-order valence-corrected chi connectivity index (χ1v) is 2.15. The van der Waals surface area contributed by atoms with Crippen LogP contribution < -0.4 is 0 Å². The van der Waals surface area contributed by atoms with Crippen LogP contribution in [0.25, 0.3) is 0 Å². The minimum atomic E-state index is -2.17. The molecule has 71 valence electrons. The predicted octanol–water partition coefficient (Wildman–Crippen LogP) is -2.59. The fraction of sp³-hybridized carbons (Fsp3) is 0. The molecule has 0 aliphatic heterocycles. The van der Waals surface area contributed by atoms with Crippen LogP contribution in [0.2, 0.25) is 0 Å². The first-order valence-electron chi connectivity index (χ1n) is 2.15. The molecule has 3 N–H and O–H groups in total. The van der Waals surface area contributed by atoms with Crippen molar-refractivity contribution < 1.29 is 43.6 Å². The van der Waals surface area contributed by atoms with E-state index in [2.05, 4.69) is 9.88 Å². The van der Waals surface area contributed by atoms with Crippen LogP contribution in [0.4, 0.5) is 9.05 Å². The van der Waals surface area contributed by atoms with E-state index in [1.807, 2.05) is 0 Å². The van der Waals surface area contributed by atoms with Gasteiger partial charge in [0.2, 0.25) is 0 Å². The van der Waals surface area contributed by atoms with Crippen LogP contribution in [-0.2, 0) is 19.5 Å². The largest absolute Gasteiger partial charge is 0.631 e. The smallest absolute Gasteiger partial charge is 0.402 e. The fourth-order valence-corrected chi connectivity index (χ4v) is 0.0630. The van der Waals surface area contributed by atoms with E-state index in [-0.39, 0.29) is 18.9 Å². The molecule has 0 saturated heterocycles. The van der Waals surface area contributed by atoms with Gasteiger partial charge in [-0.1, -0.05) is 0 Å². The van der Waals surface area contributed by atoms with Crippen LogP contribution in [0, 0.1) is 0 Å². The molecular formula is C2H3BF2LiO7. The third-order valence-electron chi connectivity index (χ3n) is 0.307. The summed E-state index contributed by atoms with van der Waals surface area (Å²) in [5.41, 5.74) is 0. The van der Waals surface area contributed by atoms with E-state index in [1.54, 1.807) is 0 Å². The normalized spacial score (nSPS) is 6.85. The summed E-state index contributed by atoms with van der Waals surface area (Å²) in [4.78, 5) is 23.4. The maximum atomic E-state index is 10.5. The second kappa shape index (κ2) is 11.3. The van der Waals surface area contributed by atoms with Crippen LogP contribution in [0.5, 0.6) is 0 Å². The molecule has 1 radical (unpaired) electrons. The number of carbonyl (C=O) groups excluding carboxylic acids is 2. The standard InChI is InChI=1S/C2F2O4.BH3O3.Li/c3-7-1(5)2(6)8-4;2-1(3)4;/h;2-4H;. The van der Waals surface area contributed by atoms with Crippen molar-refractivity contribution in [1.82, 2.24) is 0 Å². The molecule has 0 aliphatic carbocycles. The monoisotopic (exact) mass is 195 g/mol. The Morgan fingerprint density at radius 1 is 1.00 bits per heavy atom. The zero-order chi connectivity index (χ0) is 10.1. The van der Waals surface area contributed by atoms with Crippen LogP contribution in [0.15, 0.2) is 0 Å². The van der Waals surface area contributed by atoms with Gasteiger partial charge in [0, 0.05) is 27.9 Å². The van der Waals surface area contributed by atoms with Crippen molar-refractivity contribution in [2.24, 2.45) is 0 Å². The summed E-state index contributed by atoms with van der Waals surface area (Å²) in [6.45, 7) is 0. The van der Waals surface area contributed by atoms with E-state index in [0.29, 0.717) is 0 Å². The van der Waals surface area contributed by atoms with E-state index < -0.39 is 19.3 Å². The predicted molar refractivity (Wildman–Crippen MR) is 32.6 cm³/mol. The van der Waals surface area contributed by atoms with Gasteiger partial charge in [0.25, 0.3) is 0 Å². The zero-order valence-electron chi connectivity index (χ0n) is 6.31. The maximum Gasteiger partial charge on any atom is 0.631 e. The second-order valence-electron chi connectivity index (χ2n) is 1.08. The molecule has 0 bridgehead atoms. The van der Waals surface area contributed by atoms with Gasteiger partial charge in [-0.05, 0) is 0 Å². The van der Waals surface area contributed by atoms with Crippen molar-refractivity contribution in [3.63, 3.8) is 0 Å². The van der Waals surface area contributed by atoms with Crippen LogP contribution in [0.1, 0.15) is 0 Å². The van der Waals surface area contributed by atoms with E-state index in [1.165, 1.54) is 0 Å². The van der Waals surface area contributed by atoms with Gasteiger partial charge in [0.05, 0.1) is 0 Å². The third-order valence-corrected chi connectivity index (χ3v) is 0.307. The molecule has 0 aromatic carbocycles. The number of rotatable bonds is 0. The van der Waals surface area contributed by atoms with Crippen molar-refractivity contribution in [1.29, 1.82) is 0 Å². The summed E-state index contributed by atoms with van der Waals surface area (Å²) < 4.78 is 21.0. The molecule has 0 rings (SSSR count). The third kappa shape index (κ3) is 18.4. The summed E-state index contributed by atoms with van der Waals surface area (Å²) in [5, 5.41) is 21.5. The Balaban J connectivity index is -0.000000173. The van der Waals surface area contributed by atoms with E-state index in [0.717, 1.165) is 0 Å². The van der Waals surface area contributed by atoms with Gasteiger partial charge in [-0.25, -0.2) is 19.5 Å². The molecule has 13 heavy (non-hydrogen) atoms. The van der Waals surface area contributed by atoms with Gasteiger partial charge in [0.15, 0.2) is 0 Å². The second-order valence-corrected chi connectivity index (χ2v) is 1.08. The van der Waals surface area contributed by atoms with Gasteiger partial charge in [-0.2, -0.15) is 0 Å². The molecule has 0 aromatic heterocycles. The average molecular weight is 195 g/mol. The van der Waals surface area contributed by atoms with Gasteiger partial charge in [-0.3, -0.25) is 0 Å². The Morgan fingerprint density at radius 2 is 1.15 bits per heavy atom. The summed E-state index contributed by atoms with van der Waals surface area (Å²) in [6, 6.07) is 0. The summed E-state index contributed by atoms with van der Waals surface area (Å²) in [5.74, 6) is -4.04. The quantitative estimate of drug-likeness (QED) is 0.287. The molecule has 0 unspecified atom stereocenters. The average Bonchev–Trinajstić information content (AvgIpc) is 2.00. The Hall–Kier alpha value is -0.658. The number of hydrogen-bond donors (Lipinski definition) is 3. The van der Waals surface area contributed by atoms with Gasteiger partial charge >= 0.3 is 19.3 Å². The molecule has 0 amide bonds. The zero-order valence-corrected chi connectivity index (χ0v) is 6.31. The minimum Gasteiger partial charge on any atom is -0.402 e. The van der Waals surface area contributed by atoms with Gasteiger partial charge < -0.3 is 15.1 Å². The molecule has 11 heteroatoms. The molecule has 0 aliphatic rings. The molecule has 0 fully saturated rings. The number of halogens is 2. The Kier molecular flexibility index (Phi) is 15.9. The van der Waals surface area contributed by atoms with E-state index >= 15 is 0 Å². The fourth-order valence-electron chi connectivity index (χ4n) is 0.0630. The van der Waals surface area contributed by atoms with E-state index in [9.17, 15) is 18.6 Å². The van der Waals surface area contributed by atoms with Gasteiger partial charge in [-0.15, -0.1) is 0 Å². The molecule has 0 spiro atoms. The molecule has 7 nitrogen and oxygen atoms in total. The first kappa shape index (κ1) is 18.2. The Labute approximate surface area is 82.4 Å².